The lowest BCUT2D eigenvalue weighted by Crippen LogP contribution is -2.41. The Morgan fingerprint density at radius 3 is 2.52 bits per heavy atom. The molecule has 1 aromatic rings. The number of fused-ring (bicyclic) bond motifs is 2. The minimum Gasteiger partial charge on any atom is -0.463 e. The Labute approximate surface area is 127 Å². The molecule has 0 aliphatic carbocycles. The molecule has 0 saturated carbocycles. The molecule has 4 nitrogen and oxygen atoms in total. The van der Waals surface area contributed by atoms with Crippen molar-refractivity contribution in [3.05, 3.63) is 23.2 Å². The van der Waals surface area contributed by atoms with Gasteiger partial charge in [-0.3, -0.25) is 4.90 Å². The van der Waals surface area contributed by atoms with Crippen LogP contribution in [0.5, 0.6) is 0 Å². The third-order valence-electron chi connectivity index (χ3n) is 4.35. The van der Waals surface area contributed by atoms with E-state index in [1.807, 2.05) is 0 Å². The van der Waals surface area contributed by atoms with Crippen LogP contribution in [0.1, 0.15) is 50.7 Å². The fourth-order valence-electron chi connectivity index (χ4n) is 3.24. The number of hydrogen-bond donors (Lipinski definition) is 1. The van der Waals surface area contributed by atoms with Crippen molar-refractivity contribution in [3.63, 3.8) is 0 Å². The molecule has 0 aromatic carbocycles. The second kappa shape index (κ2) is 5.75. The van der Waals surface area contributed by atoms with Crippen LogP contribution in [0.25, 0.3) is 0 Å². The summed E-state index contributed by atoms with van der Waals surface area (Å²) in [7, 11) is 0. The molecule has 2 aliphatic rings. The van der Waals surface area contributed by atoms with Gasteiger partial charge in [0.2, 0.25) is 0 Å². The zero-order valence-electron chi connectivity index (χ0n) is 13.7. The highest BCUT2D eigenvalue weighted by atomic mass is 16.5. The summed E-state index contributed by atoms with van der Waals surface area (Å²) in [6.07, 6.45) is 3.33. The molecule has 2 aliphatic heterocycles. The van der Waals surface area contributed by atoms with Crippen LogP contribution in [0.15, 0.2) is 10.5 Å². The number of morpholine rings is 1. The van der Waals surface area contributed by atoms with Gasteiger partial charge in [0.15, 0.2) is 0 Å². The first-order chi connectivity index (χ1) is 9.89. The van der Waals surface area contributed by atoms with Crippen molar-refractivity contribution in [2.75, 3.05) is 13.1 Å². The van der Waals surface area contributed by atoms with Crippen LogP contribution in [-0.2, 0) is 17.8 Å². The van der Waals surface area contributed by atoms with Gasteiger partial charge in [-0.1, -0.05) is 0 Å². The molecular formula is C17H28N2O2. The number of rotatable bonds is 4. The summed E-state index contributed by atoms with van der Waals surface area (Å²) in [6.45, 7) is 12.5. The predicted octanol–water partition coefficient (Wildman–Crippen LogP) is 2.84. The van der Waals surface area contributed by atoms with Crippen LogP contribution < -0.4 is 5.32 Å². The van der Waals surface area contributed by atoms with Gasteiger partial charge in [0, 0.05) is 18.6 Å². The van der Waals surface area contributed by atoms with Crippen LogP contribution in [0, 0.1) is 6.92 Å². The summed E-state index contributed by atoms with van der Waals surface area (Å²) in [4.78, 5) is 2.48. The fraction of sp³-hybridized carbons (Fsp3) is 0.765. The second-order valence-electron chi connectivity index (χ2n) is 7.57. The molecule has 0 spiro atoms. The quantitative estimate of drug-likeness (QED) is 0.926. The molecule has 2 bridgehead atoms. The summed E-state index contributed by atoms with van der Waals surface area (Å²) in [6, 6.07) is 2.19. The molecule has 2 fully saturated rings. The average molecular weight is 292 g/mol. The van der Waals surface area contributed by atoms with Crippen molar-refractivity contribution in [1.29, 1.82) is 0 Å². The summed E-state index contributed by atoms with van der Waals surface area (Å²) in [5.41, 5.74) is 1.36. The van der Waals surface area contributed by atoms with E-state index in [0.29, 0.717) is 12.2 Å². The molecule has 0 radical (unpaired) electrons. The maximum Gasteiger partial charge on any atom is 0.120 e. The Hall–Kier alpha value is -0.840. The lowest BCUT2D eigenvalue weighted by molar-refractivity contribution is -0.0427. The number of nitrogens with zero attached hydrogens (tertiary/aromatic N) is 1. The van der Waals surface area contributed by atoms with Crippen molar-refractivity contribution in [1.82, 2.24) is 10.2 Å². The van der Waals surface area contributed by atoms with Gasteiger partial charge >= 0.3 is 0 Å². The number of hydrogen-bond acceptors (Lipinski definition) is 4. The number of ether oxygens (including phenoxy) is 1. The van der Waals surface area contributed by atoms with Gasteiger partial charge < -0.3 is 14.5 Å². The van der Waals surface area contributed by atoms with Crippen LogP contribution in [0.4, 0.5) is 0 Å². The van der Waals surface area contributed by atoms with E-state index in [4.69, 9.17) is 9.15 Å². The SMILES string of the molecule is Cc1cc(CN2CC3CCC(C2)O3)oc1CNC(C)(C)C. The third kappa shape index (κ3) is 3.87. The summed E-state index contributed by atoms with van der Waals surface area (Å²) in [5, 5.41) is 3.49. The molecule has 1 N–H and O–H groups in total. The van der Waals surface area contributed by atoms with Crippen LogP contribution >= 0.6 is 0 Å². The highest BCUT2D eigenvalue weighted by Crippen LogP contribution is 2.27. The Bertz CT molecular complexity index is 477. The summed E-state index contributed by atoms with van der Waals surface area (Å²) < 4.78 is 11.9. The molecule has 3 heterocycles. The zero-order chi connectivity index (χ0) is 15.0. The van der Waals surface area contributed by atoms with E-state index in [-0.39, 0.29) is 5.54 Å². The van der Waals surface area contributed by atoms with E-state index in [0.717, 1.165) is 37.7 Å². The van der Waals surface area contributed by atoms with Crippen LogP contribution in [-0.4, -0.2) is 35.7 Å². The standard InChI is InChI=1S/C17H28N2O2/c1-12-7-15(21-16(12)8-18-17(2,3)4)11-19-9-13-5-6-14(10-19)20-13/h7,13-14,18H,5-6,8-11H2,1-4H3. The number of furan rings is 1. The number of nitrogens with one attached hydrogen (secondary N) is 1. The Balaban J connectivity index is 1.59. The average Bonchev–Trinajstić information content (AvgIpc) is 2.89. The normalized spacial score (nSPS) is 26.5. The van der Waals surface area contributed by atoms with E-state index >= 15 is 0 Å². The Kier molecular flexibility index (Phi) is 4.12. The van der Waals surface area contributed by atoms with Crippen LogP contribution in [0.3, 0.4) is 0 Å². The molecule has 2 atom stereocenters. The maximum atomic E-state index is 6.06. The minimum absolute atomic E-state index is 0.114. The molecular weight excluding hydrogens is 264 g/mol. The van der Waals surface area contributed by atoms with E-state index in [2.05, 4.69) is 44.0 Å². The molecule has 0 amide bonds. The van der Waals surface area contributed by atoms with Gasteiger partial charge in [0.1, 0.15) is 11.5 Å². The van der Waals surface area contributed by atoms with E-state index in [1.54, 1.807) is 0 Å². The number of likely N-dealkylation sites (tertiary alicyclic amines) is 1. The lowest BCUT2D eigenvalue weighted by atomic mass is 10.1. The van der Waals surface area contributed by atoms with Crippen molar-refractivity contribution in [3.8, 4) is 0 Å². The highest BCUT2D eigenvalue weighted by molar-refractivity contribution is 5.20. The molecule has 1 aromatic heterocycles. The molecule has 4 heteroatoms. The van der Waals surface area contributed by atoms with Gasteiger partial charge in [0.05, 0.1) is 25.3 Å². The largest absolute Gasteiger partial charge is 0.463 e. The van der Waals surface area contributed by atoms with Gasteiger partial charge in [-0.2, -0.15) is 0 Å². The van der Waals surface area contributed by atoms with Crippen molar-refractivity contribution in [2.45, 2.75) is 71.4 Å². The number of aryl methyl sites for hydroxylation is 1. The highest BCUT2D eigenvalue weighted by Gasteiger charge is 2.33. The monoisotopic (exact) mass is 292 g/mol. The van der Waals surface area contributed by atoms with E-state index < -0.39 is 0 Å². The molecule has 21 heavy (non-hydrogen) atoms. The maximum absolute atomic E-state index is 6.06. The van der Waals surface area contributed by atoms with E-state index in [9.17, 15) is 0 Å². The minimum atomic E-state index is 0.114. The summed E-state index contributed by atoms with van der Waals surface area (Å²) in [5.74, 6) is 2.15. The molecule has 118 valence electrons. The van der Waals surface area contributed by atoms with Gasteiger partial charge in [-0.25, -0.2) is 0 Å². The Morgan fingerprint density at radius 1 is 1.24 bits per heavy atom. The summed E-state index contributed by atoms with van der Waals surface area (Å²) >= 11 is 0. The van der Waals surface area contributed by atoms with E-state index in [1.165, 1.54) is 18.4 Å². The first-order valence-corrected chi connectivity index (χ1v) is 8.10. The molecule has 2 saturated heterocycles. The van der Waals surface area contributed by atoms with Crippen molar-refractivity contribution < 1.29 is 9.15 Å². The first-order valence-electron chi connectivity index (χ1n) is 8.10. The van der Waals surface area contributed by atoms with Gasteiger partial charge in [0.25, 0.3) is 0 Å². The predicted molar refractivity (Wildman–Crippen MR) is 83.2 cm³/mol. The zero-order valence-corrected chi connectivity index (χ0v) is 13.7. The topological polar surface area (TPSA) is 37.6 Å². The molecule has 3 rings (SSSR count). The van der Waals surface area contributed by atoms with Crippen molar-refractivity contribution >= 4 is 0 Å². The Morgan fingerprint density at radius 2 is 1.90 bits per heavy atom. The second-order valence-corrected chi connectivity index (χ2v) is 7.57. The first kappa shape index (κ1) is 15.1. The van der Waals surface area contributed by atoms with Crippen molar-refractivity contribution in [2.24, 2.45) is 0 Å². The third-order valence-corrected chi connectivity index (χ3v) is 4.35. The van der Waals surface area contributed by atoms with Gasteiger partial charge in [-0.05, 0) is 52.2 Å². The fourth-order valence-corrected chi connectivity index (χ4v) is 3.24. The lowest BCUT2D eigenvalue weighted by Gasteiger charge is -2.31. The molecule has 2 unspecified atom stereocenters. The van der Waals surface area contributed by atoms with Crippen LogP contribution in [0.2, 0.25) is 0 Å². The van der Waals surface area contributed by atoms with Gasteiger partial charge in [-0.15, -0.1) is 0 Å². The smallest absolute Gasteiger partial charge is 0.120 e.